The lowest BCUT2D eigenvalue weighted by atomic mass is 10.1. The van der Waals surface area contributed by atoms with Crippen LogP contribution in [0.2, 0.25) is 0 Å². The van der Waals surface area contributed by atoms with Crippen molar-refractivity contribution in [3.8, 4) is 11.5 Å². The van der Waals surface area contributed by atoms with Gasteiger partial charge in [0.15, 0.2) is 12.8 Å². The number of guanidine groups is 1. The van der Waals surface area contributed by atoms with Crippen molar-refractivity contribution in [2.45, 2.75) is 19.7 Å². The number of hydrogen-bond acceptors (Lipinski definition) is 4. The summed E-state index contributed by atoms with van der Waals surface area (Å²) in [5.74, 6) is 1.78. The Balaban J connectivity index is 1.62. The van der Waals surface area contributed by atoms with Crippen molar-refractivity contribution in [3.05, 3.63) is 58.9 Å². The van der Waals surface area contributed by atoms with Gasteiger partial charge in [0.2, 0.25) is 0 Å². The molecule has 3 rings (SSSR count). The average Bonchev–Trinajstić information content (AvgIpc) is 2.68. The molecule has 0 fully saturated rings. The molecule has 1 heterocycles. The molecule has 2 aromatic carbocycles. The van der Waals surface area contributed by atoms with Crippen LogP contribution in [0.5, 0.6) is 11.5 Å². The van der Waals surface area contributed by atoms with Crippen LogP contribution in [0.3, 0.4) is 0 Å². The van der Waals surface area contributed by atoms with E-state index in [1.165, 1.54) is 12.1 Å². The molecule has 0 amide bonds. The highest BCUT2D eigenvalue weighted by atomic mass is 19.1. The van der Waals surface area contributed by atoms with Gasteiger partial charge in [0.1, 0.15) is 17.3 Å². The zero-order valence-electron chi connectivity index (χ0n) is 14.8. The van der Waals surface area contributed by atoms with Crippen molar-refractivity contribution in [1.82, 2.24) is 10.6 Å². The quantitative estimate of drug-likeness (QED) is 0.635. The second-order valence-electron chi connectivity index (χ2n) is 5.79. The molecule has 0 aromatic heterocycles. The molecule has 0 atom stereocenters. The first-order valence-electron chi connectivity index (χ1n) is 8.29. The molecule has 6 nitrogen and oxygen atoms in total. The van der Waals surface area contributed by atoms with Crippen molar-refractivity contribution in [3.63, 3.8) is 0 Å². The minimum atomic E-state index is -0.311. The second kappa shape index (κ2) is 8.53. The molecule has 2 aromatic rings. The molecule has 0 spiro atoms. The Kier molecular flexibility index (Phi) is 5.91. The monoisotopic (exact) mass is 359 g/mol. The molecule has 1 aliphatic heterocycles. The highest BCUT2D eigenvalue weighted by molar-refractivity contribution is 5.79. The lowest BCUT2D eigenvalue weighted by molar-refractivity contribution is -0.0172. The van der Waals surface area contributed by atoms with Gasteiger partial charge in [-0.15, -0.1) is 0 Å². The molecule has 2 N–H and O–H groups in total. The minimum Gasteiger partial charge on any atom is -0.497 e. The minimum absolute atomic E-state index is 0.175. The van der Waals surface area contributed by atoms with Gasteiger partial charge in [-0.1, -0.05) is 12.1 Å². The van der Waals surface area contributed by atoms with Crippen LogP contribution < -0.4 is 20.1 Å². The number of rotatable bonds is 5. The first-order chi connectivity index (χ1) is 12.7. The zero-order chi connectivity index (χ0) is 18.4. The van der Waals surface area contributed by atoms with Crippen LogP contribution in [-0.4, -0.2) is 26.9 Å². The predicted octanol–water partition coefficient (Wildman–Crippen LogP) is 2.57. The molecular formula is C19H22FN3O3. The summed E-state index contributed by atoms with van der Waals surface area (Å²) in [4.78, 5) is 4.20. The Morgan fingerprint density at radius 2 is 2.08 bits per heavy atom. The molecule has 0 saturated carbocycles. The van der Waals surface area contributed by atoms with Gasteiger partial charge in [-0.05, 0) is 29.8 Å². The highest BCUT2D eigenvalue weighted by Crippen LogP contribution is 2.29. The van der Waals surface area contributed by atoms with E-state index in [1.807, 2.05) is 24.3 Å². The number of fused-ring (bicyclic) bond motifs is 1. The molecule has 0 unspecified atom stereocenters. The van der Waals surface area contributed by atoms with Crippen molar-refractivity contribution >= 4 is 5.96 Å². The molecule has 0 aliphatic carbocycles. The largest absolute Gasteiger partial charge is 0.497 e. The molecule has 26 heavy (non-hydrogen) atoms. The maximum absolute atomic E-state index is 13.8. The summed E-state index contributed by atoms with van der Waals surface area (Å²) >= 11 is 0. The zero-order valence-corrected chi connectivity index (χ0v) is 14.8. The third-order valence-corrected chi connectivity index (χ3v) is 4.02. The van der Waals surface area contributed by atoms with Crippen molar-refractivity contribution in [1.29, 1.82) is 0 Å². The van der Waals surface area contributed by atoms with Crippen LogP contribution in [0.25, 0.3) is 0 Å². The topological polar surface area (TPSA) is 64.1 Å². The lowest BCUT2D eigenvalue weighted by Crippen LogP contribution is -2.36. The van der Waals surface area contributed by atoms with E-state index in [0.717, 1.165) is 16.9 Å². The van der Waals surface area contributed by atoms with Crippen LogP contribution >= 0.6 is 0 Å². The molecule has 1 aliphatic rings. The number of nitrogens with one attached hydrogen (secondary N) is 2. The van der Waals surface area contributed by atoms with E-state index in [1.54, 1.807) is 14.2 Å². The summed E-state index contributed by atoms with van der Waals surface area (Å²) in [5.41, 5.74) is 2.51. The van der Waals surface area contributed by atoms with Gasteiger partial charge in [-0.2, -0.15) is 0 Å². The normalized spacial score (nSPS) is 13.6. The van der Waals surface area contributed by atoms with E-state index in [-0.39, 0.29) is 12.6 Å². The summed E-state index contributed by atoms with van der Waals surface area (Å²) in [6.45, 7) is 1.50. The Morgan fingerprint density at radius 1 is 1.23 bits per heavy atom. The summed E-state index contributed by atoms with van der Waals surface area (Å²) in [7, 11) is 3.33. The average molecular weight is 359 g/mol. The second-order valence-corrected chi connectivity index (χ2v) is 5.79. The summed E-state index contributed by atoms with van der Waals surface area (Å²) < 4.78 is 29.8. The summed E-state index contributed by atoms with van der Waals surface area (Å²) in [6, 6.07) is 10.7. The Hall–Kier alpha value is -2.80. The van der Waals surface area contributed by atoms with Gasteiger partial charge in [0.25, 0.3) is 0 Å². The van der Waals surface area contributed by atoms with Gasteiger partial charge in [-0.25, -0.2) is 4.39 Å². The molecular weight excluding hydrogens is 337 g/mol. The molecule has 0 bridgehead atoms. The van der Waals surface area contributed by atoms with Crippen LogP contribution in [0.4, 0.5) is 4.39 Å². The number of ether oxygens (including phenoxy) is 3. The number of hydrogen-bond donors (Lipinski definition) is 2. The Labute approximate surface area is 152 Å². The first-order valence-corrected chi connectivity index (χ1v) is 8.29. The van der Waals surface area contributed by atoms with Crippen molar-refractivity contribution < 1.29 is 18.6 Å². The van der Waals surface area contributed by atoms with Gasteiger partial charge >= 0.3 is 0 Å². The Morgan fingerprint density at radius 3 is 2.88 bits per heavy atom. The van der Waals surface area contributed by atoms with Crippen molar-refractivity contribution in [2.75, 3.05) is 21.0 Å². The summed E-state index contributed by atoms with van der Waals surface area (Å²) in [6.07, 6.45) is 0. The number of methoxy groups -OCH3 is 1. The summed E-state index contributed by atoms with van der Waals surface area (Å²) in [5, 5.41) is 6.41. The number of halogens is 1. The van der Waals surface area contributed by atoms with Crippen LogP contribution in [0.1, 0.15) is 16.7 Å². The van der Waals surface area contributed by atoms with Gasteiger partial charge in [-0.3, -0.25) is 4.99 Å². The fourth-order valence-corrected chi connectivity index (χ4v) is 2.76. The van der Waals surface area contributed by atoms with Crippen LogP contribution in [0.15, 0.2) is 41.4 Å². The number of aliphatic imine (C=N–C) groups is 1. The van der Waals surface area contributed by atoms with E-state index in [9.17, 15) is 4.39 Å². The SMILES string of the molecule is CN=C(NCc1cccc(OC)c1)NCc1cc(F)cc2c1OCOC2. The smallest absolute Gasteiger partial charge is 0.191 e. The number of nitrogens with zero attached hydrogens (tertiary/aromatic N) is 1. The van der Waals surface area contributed by atoms with Crippen LogP contribution in [0, 0.1) is 5.82 Å². The Bertz CT molecular complexity index is 796. The first kappa shape index (κ1) is 18.0. The van der Waals surface area contributed by atoms with Crippen molar-refractivity contribution in [2.24, 2.45) is 4.99 Å². The van der Waals surface area contributed by atoms with E-state index in [4.69, 9.17) is 14.2 Å². The van der Waals surface area contributed by atoms with Crippen LogP contribution in [-0.2, 0) is 24.4 Å². The lowest BCUT2D eigenvalue weighted by Gasteiger charge is -2.21. The highest BCUT2D eigenvalue weighted by Gasteiger charge is 2.17. The maximum atomic E-state index is 13.8. The fraction of sp³-hybridized carbons (Fsp3) is 0.316. The van der Waals surface area contributed by atoms with E-state index < -0.39 is 0 Å². The fourth-order valence-electron chi connectivity index (χ4n) is 2.76. The van der Waals surface area contributed by atoms with E-state index in [2.05, 4.69) is 15.6 Å². The maximum Gasteiger partial charge on any atom is 0.191 e. The van der Waals surface area contributed by atoms with Gasteiger partial charge in [0, 0.05) is 31.3 Å². The molecule has 7 heteroatoms. The third kappa shape index (κ3) is 4.43. The standard InChI is InChI=1S/C19H22FN3O3/c1-21-19(22-9-13-4-3-5-17(6-13)24-2)23-10-14-7-16(20)8-15-11-25-12-26-18(14)15/h3-8H,9-12H2,1-2H3,(H2,21,22,23). The predicted molar refractivity (Wildman–Crippen MR) is 96.7 cm³/mol. The third-order valence-electron chi connectivity index (χ3n) is 4.02. The van der Waals surface area contributed by atoms with Gasteiger partial charge < -0.3 is 24.8 Å². The molecule has 0 radical (unpaired) electrons. The van der Waals surface area contributed by atoms with E-state index >= 15 is 0 Å². The van der Waals surface area contributed by atoms with Gasteiger partial charge in [0.05, 0.1) is 13.7 Å². The molecule has 0 saturated heterocycles. The number of benzene rings is 2. The van der Waals surface area contributed by atoms with E-state index in [0.29, 0.717) is 37.0 Å². The molecule has 138 valence electrons.